The molecular weight excluding hydrogens is 274 g/mol. The van der Waals surface area contributed by atoms with Crippen molar-refractivity contribution in [2.45, 2.75) is 11.8 Å². The largest absolute Gasteiger partial charge is 0.263 e. The molecular formula is C12H10F2N2O2S. The molecule has 1 aromatic carbocycles. The van der Waals surface area contributed by atoms with E-state index >= 15 is 0 Å². The van der Waals surface area contributed by atoms with Crippen molar-refractivity contribution in [3.8, 4) is 0 Å². The van der Waals surface area contributed by atoms with Gasteiger partial charge in [0.2, 0.25) is 5.95 Å². The topological polar surface area (TPSA) is 59.1 Å². The predicted octanol–water partition coefficient (Wildman–Crippen LogP) is 2.47. The number of hydrogen-bond acceptors (Lipinski definition) is 3. The van der Waals surface area contributed by atoms with Gasteiger partial charge in [-0.3, -0.25) is 4.72 Å². The first-order chi connectivity index (χ1) is 8.88. The van der Waals surface area contributed by atoms with Crippen molar-refractivity contribution in [1.82, 2.24) is 4.98 Å². The molecule has 2 aromatic rings. The van der Waals surface area contributed by atoms with Crippen LogP contribution < -0.4 is 4.72 Å². The fourth-order valence-corrected chi connectivity index (χ4v) is 2.78. The van der Waals surface area contributed by atoms with Crippen LogP contribution in [0.5, 0.6) is 0 Å². The smallest absolute Gasteiger partial charge is 0.263 e. The lowest BCUT2D eigenvalue weighted by atomic mass is 10.2. The lowest BCUT2D eigenvalue weighted by Gasteiger charge is -2.09. The maximum atomic E-state index is 13.1. The third-order valence-corrected chi connectivity index (χ3v) is 3.89. The zero-order valence-electron chi connectivity index (χ0n) is 9.89. The molecule has 0 radical (unpaired) electrons. The number of pyridine rings is 1. The predicted molar refractivity (Wildman–Crippen MR) is 66.1 cm³/mol. The molecule has 0 aliphatic carbocycles. The van der Waals surface area contributed by atoms with Gasteiger partial charge in [-0.2, -0.15) is 4.39 Å². The van der Waals surface area contributed by atoms with Crippen molar-refractivity contribution >= 4 is 15.8 Å². The Labute approximate surface area is 109 Å². The SMILES string of the molecule is Cc1ccc(F)cc1S(=O)(=O)Nc1cccc(F)n1. The fourth-order valence-electron chi connectivity index (χ4n) is 1.52. The van der Waals surface area contributed by atoms with Crippen molar-refractivity contribution < 1.29 is 17.2 Å². The molecule has 0 saturated carbocycles. The van der Waals surface area contributed by atoms with E-state index in [9.17, 15) is 17.2 Å². The second kappa shape index (κ2) is 4.93. The van der Waals surface area contributed by atoms with Gasteiger partial charge >= 0.3 is 0 Å². The second-order valence-corrected chi connectivity index (χ2v) is 5.51. The summed E-state index contributed by atoms with van der Waals surface area (Å²) < 4.78 is 52.2. The van der Waals surface area contributed by atoms with E-state index in [0.29, 0.717) is 5.56 Å². The first-order valence-corrected chi connectivity index (χ1v) is 6.78. The first-order valence-electron chi connectivity index (χ1n) is 5.30. The molecule has 0 spiro atoms. The molecule has 0 aliphatic rings. The minimum absolute atomic E-state index is 0.163. The van der Waals surface area contributed by atoms with Crippen LogP contribution in [-0.4, -0.2) is 13.4 Å². The lowest BCUT2D eigenvalue weighted by Crippen LogP contribution is -2.15. The van der Waals surface area contributed by atoms with Gasteiger partial charge in [0, 0.05) is 0 Å². The standard InChI is InChI=1S/C12H10F2N2O2S/c1-8-5-6-9(13)7-10(8)19(17,18)16-12-4-2-3-11(14)15-12/h2-7H,1H3,(H,15,16). The van der Waals surface area contributed by atoms with E-state index in [4.69, 9.17) is 0 Å². The van der Waals surface area contributed by atoms with Crippen LogP contribution in [0.4, 0.5) is 14.6 Å². The second-order valence-electron chi connectivity index (χ2n) is 3.86. The third kappa shape index (κ3) is 3.05. The summed E-state index contributed by atoms with van der Waals surface area (Å²) in [6.07, 6.45) is 0. The number of aromatic nitrogens is 1. The maximum Gasteiger partial charge on any atom is 0.263 e. The molecule has 0 fully saturated rings. The van der Waals surface area contributed by atoms with E-state index in [1.807, 2.05) is 0 Å². The van der Waals surface area contributed by atoms with Crippen LogP contribution in [0.3, 0.4) is 0 Å². The Kier molecular flexibility index (Phi) is 3.48. The number of nitrogens with one attached hydrogen (secondary N) is 1. The molecule has 0 amide bonds. The Bertz CT molecular complexity index is 717. The first kappa shape index (κ1) is 13.4. The number of halogens is 2. The lowest BCUT2D eigenvalue weighted by molar-refractivity contribution is 0.584. The normalized spacial score (nSPS) is 11.3. The van der Waals surface area contributed by atoms with E-state index in [1.165, 1.54) is 25.1 Å². The van der Waals surface area contributed by atoms with Gasteiger partial charge in [-0.1, -0.05) is 12.1 Å². The zero-order valence-corrected chi connectivity index (χ0v) is 10.7. The van der Waals surface area contributed by atoms with Gasteiger partial charge < -0.3 is 0 Å². The van der Waals surface area contributed by atoms with Crippen molar-refractivity contribution in [3.63, 3.8) is 0 Å². The highest BCUT2D eigenvalue weighted by molar-refractivity contribution is 7.92. The van der Waals surface area contributed by atoms with Crippen LogP contribution in [0, 0.1) is 18.7 Å². The minimum Gasteiger partial charge on any atom is -0.263 e. The van der Waals surface area contributed by atoms with Crippen molar-refractivity contribution in [1.29, 1.82) is 0 Å². The van der Waals surface area contributed by atoms with Crippen LogP contribution in [0.1, 0.15) is 5.56 Å². The van der Waals surface area contributed by atoms with E-state index in [1.54, 1.807) is 0 Å². The van der Waals surface area contributed by atoms with Gasteiger partial charge in [-0.15, -0.1) is 0 Å². The number of aryl methyl sites for hydroxylation is 1. The Hall–Kier alpha value is -2.02. The molecule has 1 heterocycles. The summed E-state index contributed by atoms with van der Waals surface area (Å²) in [5.74, 6) is -1.64. The Morgan fingerprint density at radius 1 is 1.16 bits per heavy atom. The number of sulfonamides is 1. The minimum atomic E-state index is -4.00. The van der Waals surface area contributed by atoms with Gasteiger partial charge in [0.15, 0.2) is 0 Å². The molecule has 0 atom stereocenters. The molecule has 0 bridgehead atoms. The summed E-state index contributed by atoms with van der Waals surface area (Å²) in [5.41, 5.74) is 0.380. The van der Waals surface area contributed by atoms with E-state index in [-0.39, 0.29) is 10.7 Å². The van der Waals surface area contributed by atoms with Crippen LogP contribution >= 0.6 is 0 Å². The highest BCUT2D eigenvalue weighted by atomic mass is 32.2. The van der Waals surface area contributed by atoms with Crippen molar-refractivity contribution in [2.75, 3.05) is 4.72 Å². The van der Waals surface area contributed by atoms with E-state index in [0.717, 1.165) is 18.2 Å². The van der Waals surface area contributed by atoms with Gasteiger partial charge in [0.1, 0.15) is 11.6 Å². The van der Waals surface area contributed by atoms with Crippen molar-refractivity contribution in [2.24, 2.45) is 0 Å². The van der Waals surface area contributed by atoms with Gasteiger partial charge in [0.05, 0.1) is 4.90 Å². The summed E-state index contributed by atoms with van der Waals surface area (Å²) >= 11 is 0. The highest BCUT2D eigenvalue weighted by Gasteiger charge is 2.18. The molecule has 100 valence electrons. The molecule has 4 nitrogen and oxygen atoms in total. The molecule has 7 heteroatoms. The summed E-state index contributed by atoms with van der Waals surface area (Å²) in [5, 5.41) is 0. The zero-order chi connectivity index (χ0) is 14.0. The summed E-state index contributed by atoms with van der Waals surface area (Å²) in [4.78, 5) is 3.18. The van der Waals surface area contributed by atoms with Gasteiger partial charge in [-0.25, -0.2) is 17.8 Å². The molecule has 0 aliphatic heterocycles. The number of nitrogens with zero attached hydrogens (tertiary/aromatic N) is 1. The fraction of sp³-hybridized carbons (Fsp3) is 0.0833. The van der Waals surface area contributed by atoms with Gasteiger partial charge in [0.25, 0.3) is 10.0 Å². The maximum absolute atomic E-state index is 13.1. The van der Waals surface area contributed by atoms with Gasteiger partial charge in [-0.05, 0) is 36.8 Å². The average molecular weight is 284 g/mol. The van der Waals surface area contributed by atoms with Crippen molar-refractivity contribution in [3.05, 3.63) is 53.7 Å². The molecule has 0 unspecified atom stereocenters. The summed E-state index contributed by atoms with van der Waals surface area (Å²) in [6.45, 7) is 1.53. The molecule has 0 saturated heterocycles. The monoisotopic (exact) mass is 284 g/mol. The summed E-state index contributed by atoms with van der Waals surface area (Å²) in [7, 11) is -4.00. The molecule has 2 rings (SSSR count). The highest BCUT2D eigenvalue weighted by Crippen LogP contribution is 2.19. The molecule has 1 N–H and O–H groups in total. The molecule has 1 aromatic heterocycles. The van der Waals surface area contributed by atoms with E-state index < -0.39 is 21.8 Å². The number of anilines is 1. The number of hydrogen-bond donors (Lipinski definition) is 1. The molecule has 19 heavy (non-hydrogen) atoms. The Morgan fingerprint density at radius 2 is 1.89 bits per heavy atom. The Morgan fingerprint density at radius 3 is 2.58 bits per heavy atom. The van der Waals surface area contributed by atoms with Crippen LogP contribution in [-0.2, 0) is 10.0 Å². The van der Waals surface area contributed by atoms with Crippen LogP contribution in [0.15, 0.2) is 41.3 Å². The summed E-state index contributed by atoms with van der Waals surface area (Å²) in [6, 6.07) is 7.12. The average Bonchev–Trinajstić information content (AvgIpc) is 2.31. The quantitative estimate of drug-likeness (QED) is 0.881. The number of benzene rings is 1. The number of rotatable bonds is 3. The third-order valence-electron chi connectivity index (χ3n) is 2.39. The Balaban J connectivity index is 2.40. The van der Waals surface area contributed by atoms with Crippen LogP contribution in [0.25, 0.3) is 0 Å². The van der Waals surface area contributed by atoms with Crippen LogP contribution in [0.2, 0.25) is 0 Å². The van der Waals surface area contributed by atoms with E-state index in [2.05, 4.69) is 9.71 Å².